The Bertz CT molecular complexity index is 1280. The highest BCUT2D eigenvalue weighted by Gasteiger charge is 2.19. The van der Waals surface area contributed by atoms with Gasteiger partial charge in [-0.3, -0.25) is 14.4 Å². The maximum atomic E-state index is 12.7. The molecule has 0 heterocycles. The van der Waals surface area contributed by atoms with Gasteiger partial charge in [0.25, 0.3) is 0 Å². The Morgan fingerprint density at radius 2 is 0.619 bits per heavy atom. The lowest BCUT2D eigenvalue weighted by atomic mass is 10.1. The summed E-state index contributed by atoms with van der Waals surface area (Å²) >= 11 is 0. The molecule has 0 radical (unpaired) electrons. The second-order valence-corrected chi connectivity index (χ2v) is 16.7. The van der Waals surface area contributed by atoms with E-state index in [1.165, 1.54) is 77.0 Å². The minimum absolute atomic E-state index is 0.0956. The van der Waals surface area contributed by atoms with Gasteiger partial charge in [0.2, 0.25) is 0 Å². The van der Waals surface area contributed by atoms with Crippen LogP contribution in [0.15, 0.2) is 97.2 Å². The van der Waals surface area contributed by atoms with Crippen LogP contribution in [0.4, 0.5) is 0 Å². The molecule has 358 valence electrons. The summed E-state index contributed by atoms with van der Waals surface area (Å²) in [6.07, 6.45) is 67.0. The lowest BCUT2D eigenvalue weighted by Crippen LogP contribution is -2.30. The predicted octanol–water partition coefficient (Wildman–Crippen LogP) is 17.0. The summed E-state index contributed by atoms with van der Waals surface area (Å²) in [5.74, 6) is -0.952. The van der Waals surface area contributed by atoms with Crippen LogP contribution in [0.2, 0.25) is 0 Å². The Morgan fingerprint density at radius 1 is 0.333 bits per heavy atom. The van der Waals surface area contributed by atoms with Crippen LogP contribution in [0.5, 0.6) is 0 Å². The lowest BCUT2D eigenvalue weighted by Gasteiger charge is -2.18. The van der Waals surface area contributed by atoms with Crippen molar-refractivity contribution in [2.24, 2.45) is 0 Å². The summed E-state index contributed by atoms with van der Waals surface area (Å²) in [5, 5.41) is 0. The van der Waals surface area contributed by atoms with Crippen LogP contribution in [0, 0.1) is 0 Å². The molecule has 63 heavy (non-hydrogen) atoms. The first kappa shape index (κ1) is 59.3. The van der Waals surface area contributed by atoms with Gasteiger partial charge in [0.1, 0.15) is 13.2 Å². The minimum atomic E-state index is -0.798. The second kappa shape index (κ2) is 51.0. The molecule has 0 spiro atoms. The molecule has 1 unspecified atom stereocenters. The van der Waals surface area contributed by atoms with E-state index in [2.05, 4.69) is 118 Å². The molecule has 6 heteroatoms. The maximum Gasteiger partial charge on any atom is 0.306 e. The first-order valence-corrected chi connectivity index (χ1v) is 25.7. The number of hydrogen-bond donors (Lipinski definition) is 0. The molecule has 1 atom stereocenters. The summed E-state index contributed by atoms with van der Waals surface area (Å²) in [4.78, 5) is 37.8. The number of rotatable bonds is 45. The Labute approximate surface area is 387 Å². The van der Waals surface area contributed by atoms with E-state index in [0.29, 0.717) is 19.3 Å². The van der Waals surface area contributed by atoms with Crippen LogP contribution < -0.4 is 0 Å². The molecule has 0 bridgehead atoms. The summed E-state index contributed by atoms with van der Waals surface area (Å²) in [6, 6.07) is 0. The maximum absolute atomic E-state index is 12.7. The fourth-order valence-corrected chi connectivity index (χ4v) is 6.78. The first-order chi connectivity index (χ1) is 31.0. The summed E-state index contributed by atoms with van der Waals surface area (Å²) in [5.41, 5.74) is 0. The molecule has 0 aromatic rings. The number of carbonyl (C=O) groups excluding carboxylic acids is 3. The van der Waals surface area contributed by atoms with Crippen LogP contribution in [-0.2, 0) is 28.6 Å². The topological polar surface area (TPSA) is 78.9 Å². The van der Waals surface area contributed by atoms with Crippen LogP contribution in [0.25, 0.3) is 0 Å². The van der Waals surface area contributed by atoms with Crippen LogP contribution in [0.1, 0.15) is 226 Å². The molecule has 0 aliphatic carbocycles. The number of ether oxygens (including phenoxy) is 3. The molecular formula is C57H94O6. The Hall–Kier alpha value is -3.67. The van der Waals surface area contributed by atoms with Crippen molar-refractivity contribution >= 4 is 17.9 Å². The molecule has 0 saturated heterocycles. The van der Waals surface area contributed by atoms with Crippen LogP contribution in [-0.4, -0.2) is 37.2 Å². The van der Waals surface area contributed by atoms with Gasteiger partial charge in [-0.2, -0.15) is 0 Å². The number of unbranched alkanes of at least 4 members (excludes halogenated alkanes) is 18. The van der Waals surface area contributed by atoms with Gasteiger partial charge < -0.3 is 14.2 Å². The zero-order valence-electron chi connectivity index (χ0n) is 40.8. The quantitative estimate of drug-likeness (QED) is 0.0262. The van der Waals surface area contributed by atoms with E-state index in [4.69, 9.17) is 14.2 Å². The third-order valence-electron chi connectivity index (χ3n) is 10.6. The van der Waals surface area contributed by atoms with Crippen molar-refractivity contribution in [1.29, 1.82) is 0 Å². The summed E-state index contributed by atoms with van der Waals surface area (Å²) in [6.45, 7) is 6.32. The second-order valence-electron chi connectivity index (χ2n) is 16.7. The van der Waals surface area contributed by atoms with Gasteiger partial charge in [0.15, 0.2) is 6.10 Å². The van der Waals surface area contributed by atoms with Gasteiger partial charge >= 0.3 is 17.9 Å². The van der Waals surface area contributed by atoms with Crippen molar-refractivity contribution < 1.29 is 28.6 Å². The van der Waals surface area contributed by atoms with E-state index in [1.54, 1.807) is 0 Å². The molecule has 0 N–H and O–H groups in total. The third kappa shape index (κ3) is 49.2. The molecule has 0 aromatic carbocycles. The SMILES string of the molecule is CC/C=C\C/C=C\C/C=C\C/C=C\CCCCCCCCCCCCC(=O)OCC(COC(=O)CCCCCCCCC)OC(=O)CCCC/C=C\C/C=C\C/C=C\C/C=C\CC. The van der Waals surface area contributed by atoms with Crippen molar-refractivity contribution in [3.05, 3.63) is 97.2 Å². The molecule has 0 aliphatic rings. The normalized spacial score (nSPS) is 12.9. The van der Waals surface area contributed by atoms with Crippen LogP contribution >= 0.6 is 0 Å². The van der Waals surface area contributed by atoms with Crippen molar-refractivity contribution in [2.45, 2.75) is 232 Å². The fraction of sp³-hybridized carbons (Fsp3) is 0.667. The third-order valence-corrected chi connectivity index (χ3v) is 10.6. The van der Waals surface area contributed by atoms with Crippen molar-refractivity contribution in [3.8, 4) is 0 Å². The molecule has 0 amide bonds. The number of allylic oxidation sites excluding steroid dienone is 16. The molecule has 0 saturated carbocycles. The minimum Gasteiger partial charge on any atom is -0.462 e. The number of hydrogen-bond acceptors (Lipinski definition) is 6. The fourth-order valence-electron chi connectivity index (χ4n) is 6.78. The summed E-state index contributed by atoms with van der Waals surface area (Å²) < 4.78 is 16.7. The van der Waals surface area contributed by atoms with Gasteiger partial charge in [-0.25, -0.2) is 0 Å². The van der Waals surface area contributed by atoms with Gasteiger partial charge in [-0.1, -0.05) is 208 Å². The van der Waals surface area contributed by atoms with Gasteiger partial charge in [0.05, 0.1) is 0 Å². The highest BCUT2D eigenvalue weighted by atomic mass is 16.6. The lowest BCUT2D eigenvalue weighted by molar-refractivity contribution is -0.167. The average Bonchev–Trinajstić information content (AvgIpc) is 3.28. The molecule has 0 aliphatic heterocycles. The zero-order chi connectivity index (χ0) is 45.8. The van der Waals surface area contributed by atoms with Crippen molar-refractivity contribution in [3.63, 3.8) is 0 Å². The molecule has 0 rings (SSSR count). The number of esters is 3. The molecular weight excluding hydrogens is 781 g/mol. The Balaban J connectivity index is 4.27. The average molecular weight is 875 g/mol. The molecule has 0 fully saturated rings. The van der Waals surface area contributed by atoms with E-state index in [9.17, 15) is 14.4 Å². The largest absolute Gasteiger partial charge is 0.462 e. The van der Waals surface area contributed by atoms with E-state index < -0.39 is 6.10 Å². The monoisotopic (exact) mass is 875 g/mol. The zero-order valence-corrected chi connectivity index (χ0v) is 40.8. The van der Waals surface area contributed by atoms with Gasteiger partial charge in [0, 0.05) is 19.3 Å². The van der Waals surface area contributed by atoms with Gasteiger partial charge in [-0.05, 0) is 96.3 Å². The highest BCUT2D eigenvalue weighted by molar-refractivity contribution is 5.71. The summed E-state index contributed by atoms with van der Waals surface area (Å²) in [7, 11) is 0. The van der Waals surface area contributed by atoms with E-state index in [1.807, 2.05) is 0 Å². The standard InChI is InChI=1S/C57H94O6/c1-4-7-10-13-16-18-20-22-24-25-26-27-28-29-30-31-33-34-36-38-41-44-47-50-56(59)62-53-54(52-61-55(58)49-46-43-40-15-12-9-6-3)63-57(60)51-48-45-42-39-37-35-32-23-21-19-17-14-11-8-5-2/h7-8,10-11,16-19,22-24,26-27,32,37,39,54H,4-6,9,12-15,20-21,25,28-31,33-36,38,40-53H2,1-3H3/b10-7-,11-8-,18-16-,19-17-,24-22-,27-26-,32-23-,39-37-. The van der Waals surface area contributed by atoms with E-state index >= 15 is 0 Å². The number of carbonyl (C=O) groups is 3. The van der Waals surface area contributed by atoms with Crippen LogP contribution in [0.3, 0.4) is 0 Å². The van der Waals surface area contributed by atoms with Crippen molar-refractivity contribution in [1.82, 2.24) is 0 Å². The Kier molecular flexibility index (Phi) is 48.0. The van der Waals surface area contributed by atoms with Crippen molar-refractivity contribution in [2.75, 3.05) is 13.2 Å². The molecule has 0 aromatic heterocycles. The molecule has 6 nitrogen and oxygen atoms in total. The predicted molar refractivity (Wildman–Crippen MR) is 270 cm³/mol. The first-order valence-electron chi connectivity index (χ1n) is 25.7. The Morgan fingerprint density at radius 3 is 1.00 bits per heavy atom. The van der Waals surface area contributed by atoms with Gasteiger partial charge in [-0.15, -0.1) is 0 Å². The highest BCUT2D eigenvalue weighted by Crippen LogP contribution is 2.14. The van der Waals surface area contributed by atoms with E-state index in [-0.39, 0.29) is 37.5 Å². The smallest absolute Gasteiger partial charge is 0.306 e. The van der Waals surface area contributed by atoms with E-state index in [0.717, 1.165) is 103 Å².